The first-order valence-corrected chi connectivity index (χ1v) is 17.8. The van der Waals surface area contributed by atoms with E-state index in [9.17, 15) is 33.3 Å². The van der Waals surface area contributed by atoms with Crippen molar-refractivity contribution in [3.05, 3.63) is 70.2 Å². The molecule has 4 aliphatic rings. The van der Waals surface area contributed by atoms with Gasteiger partial charge in [0.2, 0.25) is 5.91 Å². The molecule has 3 aliphatic heterocycles. The lowest BCUT2D eigenvalue weighted by Crippen LogP contribution is -2.63. The fourth-order valence-electron chi connectivity index (χ4n) is 7.67. The zero-order chi connectivity index (χ0) is 36.8. The van der Waals surface area contributed by atoms with E-state index in [1.165, 1.54) is 45.1 Å². The molecule has 12 nitrogen and oxygen atoms in total. The first-order valence-electron chi connectivity index (χ1n) is 17.1. The van der Waals surface area contributed by atoms with Crippen molar-refractivity contribution in [2.45, 2.75) is 86.9 Å². The molecule has 1 saturated carbocycles. The van der Waals surface area contributed by atoms with Gasteiger partial charge in [-0.05, 0) is 55.2 Å². The average Bonchev–Trinajstić information content (AvgIpc) is 3.86. The third-order valence-corrected chi connectivity index (χ3v) is 10.6. The minimum absolute atomic E-state index is 0.0261. The number of carbonyl (C=O) groups is 2. The molecular formula is C35H37Cl2F3N4O8. The van der Waals surface area contributed by atoms with Crippen LogP contribution in [0.4, 0.5) is 18.9 Å². The Morgan fingerprint density at radius 2 is 1.65 bits per heavy atom. The highest BCUT2D eigenvalue weighted by molar-refractivity contribution is 6.35. The van der Waals surface area contributed by atoms with Gasteiger partial charge in [-0.25, -0.2) is 13.2 Å². The van der Waals surface area contributed by atoms with Crippen molar-refractivity contribution in [2.75, 3.05) is 31.2 Å². The number of aliphatic hydroxyl groups is 3. The predicted octanol–water partition coefficient (Wildman–Crippen LogP) is 3.66. The lowest BCUT2D eigenvalue weighted by molar-refractivity contribution is -0.207. The Morgan fingerprint density at radius 3 is 2.33 bits per heavy atom. The van der Waals surface area contributed by atoms with Crippen LogP contribution < -0.4 is 4.90 Å². The molecule has 7 rings (SSSR count). The van der Waals surface area contributed by atoms with Crippen molar-refractivity contribution in [3.8, 4) is 11.1 Å². The van der Waals surface area contributed by atoms with Gasteiger partial charge < -0.3 is 39.3 Å². The number of ether oxygens (including phenoxy) is 3. The van der Waals surface area contributed by atoms with Gasteiger partial charge in [0.25, 0.3) is 5.91 Å². The van der Waals surface area contributed by atoms with Gasteiger partial charge in [0.05, 0.1) is 31.1 Å². The zero-order valence-electron chi connectivity index (χ0n) is 27.7. The largest absolute Gasteiger partial charge is 0.391 e. The SMILES string of the molecule is O=C(COC1C(n2cc(-c3cc(F)c(F)c(F)c3)cn2)[C@H]2OCC(O)C2O[C@H]1C(=O)N(c1cc(Cl)cc(Cl)c1)[C@@H]1CCCC[C@H]1O)N1CC[C@@H](O)C1. The summed E-state index contributed by atoms with van der Waals surface area (Å²) in [4.78, 5) is 31.2. The molecule has 52 heavy (non-hydrogen) atoms. The van der Waals surface area contributed by atoms with E-state index in [0.29, 0.717) is 32.2 Å². The summed E-state index contributed by atoms with van der Waals surface area (Å²) in [5.41, 5.74) is 0.437. The van der Waals surface area contributed by atoms with Crippen LogP contribution in [0.15, 0.2) is 42.7 Å². The summed E-state index contributed by atoms with van der Waals surface area (Å²) >= 11 is 12.8. The van der Waals surface area contributed by atoms with Crippen LogP contribution in [0.2, 0.25) is 10.0 Å². The molecule has 1 aromatic heterocycles. The van der Waals surface area contributed by atoms with Gasteiger partial charge in [0, 0.05) is 40.6 Å². The van der Waals surface area contributed by atoms with Gasteiger partial charge in [0.15, 0.2) is 23.6 Å². The van der Waals surface area contributed by atoms with E-state index in [0.717, 1.165) is 18.6 Å². The first kappa shape index (κ1) is 37.1. The lowest BCUT2D eigenvalue weighted by Gasteiger charge is -2.46. The second-order valence-electron chi connectivity index (χ2n) is 13.7. The molecule has 0 spiro atoms. The van der Waals surface area contributed by atoms with Crippen LogP contribution in [0.3, 0.4) is 0 Å². The predicted molar refractivity (Wildman–Crippen MR) is 180 cm³/mol. The average molecular weight is 770 g/mol. The molecule has 0 bridgehead atoms. The van der Waals surface area contributed by atoms with Crippen molar-refractivity contribution in [1.82, 2.24) is 14.7 Å². The Bertz CT molecular complexity index is 1780. The highest BCUT2D eigenvalue weighted by Gasteiger charge is 2.57. The van der Waals surface area contributed by atoms with Crippen molar-refractivity contribution in [3.63, 3.8) is 0 Å². The number of anilines is 1. The maximum absolute atomic E-state index is 15.1. The Morgan fingerprint density at radius 1 is 0.942 bits per heavy atom. The number of halogens is 5. The van der Waals surface area contributed by atoms with Crippen LogP contribution in [0.25, 0.3) is 11.1 Å². The molecule has 4 fully saturated rings. The molecule has 4 heterocycles. The summed E-state index contributed by atoms with van der Waals surface area (Å²) in [5.74, 6) is -5.58. The standard InChI is InChI=1S/C35H37Cl2F3N4O8/c36-19-9-20(37)11-21(10-19)44(25-3-1-2-4-26(25)46)35(49)34-33(51-16-28(48)42-6-5-22(45)14-42)30(32-31(52-34)27(47)15-50-32)43-13-18(12-41-43)17-7-23(38)29(40)24(39)8-17/h7-13,22,25-27,30-34,45-47H,1-6,14-16H2/t22-,25-,26-,27?,30?,31?,32-,33?,34-/m1/s1. The molecule has 9 atom stereocenters. The number of aromatic nitrogens is 2. The maximum Gasteiger partial charge on any atom is 0.259 e. The summed E-state index contributed by atoms with van der Waals surface area (Å²) in [6.07, 6.45) is -2.40. The highest BCUT2D eigenvalue weighted by atomic mass is 35.5. The molecule has 0 radical (unpaired) electrons. The van der Waals surface area contributed by atoms with E-state index in [1.807, 2.05) is 0 Å². The van der Waals surface area contributed by atoms with E-state index >= 15 is 4.79 Å². The second-order valence-corrected chi connectivity index (χ2v) is 14.5. The van der Waals surface area contributed by atoms with Gasteiger partial charge in [-0.15, -0.1) is 0 Å². The first-order chi connectivity index (χ1) is 24.9. The monoisotopic (exact) mass is 768 g/mol. The number of rotatable bonds is 8. The summed E-state index contributed by atoms with van der Waals surface area (Å²) in [5, 5.41) is 37.2. The van der Waals surface area contributed by atoms with Crippen molar-refractivity contribution >= 4 is 40.7 Å². The van der Waals surface area contributed by atoms with Crippen LogP contribution in [-0.4, -0.2) is 117 Å². The van der Waals surface area contributed by atoms with Gasteiger partial charge in [-0.2, -0.15) is 5.10 Å². The van der Waals surface area contributed by atoms with Crippen molar-refractivity contribution in [1.29, 1.82) is 0 Å². The Balaban J connectivity index is 1.31. The summed E-state index contributed by atoms with van der Waals surface area (Å²) < 4.78 is 62.2. The van der Waals surface area contributed by atoms with Crippen LogP contribution in [0, 0.1) is 17.5 Å². The van der Waals surface area contributed by atoms with E-state index in [-0.39, 0.29) is 40.0 Å². The molecular weight excluding hydrogens is 732 g/mol. The smallest absolute Gasteiger partial charge is 0.259 e. The maximum atomic E-state index is 15.1. The van der Waals surface area contributed by atoms with Gasteiger partial charge in [0.1, 0.15) is 37.1 Å². The van der Waals surface area contributed by atoms with Crippen LogP contribution in [0.5, 0.6) is 0 Å². The highest BCUT2D eigenvalue weighted by Crippen LogP contribution is 2.42. The lowest BCUT2D eigenvalue weighted by atomic mass is 9.88. The zero-order valence-corrected chi connectivity index (χ0v) is 29.2. The topological polar surface area (TPSA) is 147 Å². The van der Waals surface area contributed by atoms with Gasteiger partial charge >= 0.3 is 0 Å². The number of likely N-dealkylation sites (tertiary alicyclic amines) is 1. The number of aliphatic hydroxyl groups excluding tert-OH is 3. The van der Waals surface area contributed by atoms with Crippen molar-refractivity contribution in [2.24, 2.45) is 0 Å². The Kier molecular flexibility index (Phi) is 10.8. The molecule has 3 N–H and O–H groups in total. The molecule has 17 heteroatoms. The molecule has 3 aromatic rings. The van der Waals surface area contributed by atoms with Crippen LogP contribution >= 0.6 is 23.2 Å². The number of hydrogen-bond acceptors (Lipinski definition) is 9. The van der Waals surface area contributed by atoms with Crippen molar-refractivity contribution < 1.29 is 52.3 Å². The second kappa shape index (κ2) is 15.2. The third kappa shape index (κ3) is 7.29. The number of β-amino-alcohol motifs (C(OH)–C–C–N with tert-alkyl or cyclic N) is 1. The van der Waals surface area contributed by atoms with E-state index in [4.69, 9.17) is 37.4 Å². The van der Waals surface area contributed by atoms with E-state index < -0.39 is 90.7 Å². The summed E-state index contributed by atoms with van der Waals surface area (Å²) in [6, 6.07) is 4.38. The Hall–Kier alpha value is -3.28. The number of fused-ring (bicyclic) bond motifs is 1. The number of hydrogen-bond donors (Lipinski definition) is 3. The van der Waals surface area contributed by atoms with Gasteiger partial charge in [-0.3, -0.25) is 14.3 Å². The number of nitrogens with zero attached hydrogens (tertiary/aromatic N) is 4. The number of carbonyl (C=O) groups excluding carboxylic acids is 2. The number of amides is 2. The normalized spacial score (nSPS) is 30.4. The fourth-order valence-corrected chi connectivity index (χ4v) is 8.18. The minimum atomic E-state index is -1.63. The molecule has 1 aliphatic carbocycles. The quantitative estimate of drug-likeness (QED) is 0.293. The molecule has 2 aromatic carbocycles. The molecule has 280 valence electrons. The van der Waals surface area contributed by atoms with E-state index in [2.05, 4.69) is 5.10 Å². The molecule has 4 unspecified atom stereocenters. The van der Waals surface area contributed by atoms with Crippen LogP contribution in [-0.2, 0) is 23.8 Å². The number of benzene rings is 2. The minimum Gasteiger partial charge on any atom is -0.391 e. The third-order valence-electron chi connectivity index (χ3n) is 10.2. The Labute approximate surface area is 306 Å². The van der Waals surface area contributed by atoms with Crippen LogP contribution in [0.1, 0.15) is 38.1 Å². The molecule has 3 saturated heterocycles. The van der Waals surface area contributed by atoms with Gasteiger partial charge in [-0.1, -0.05) is 36.0 Å². The summed E-state index contributed by atoms with van der Waals surface area (Å²) in [7, 11) is 0. The summed E-state index contributed by atoms with van der Waals surface area (Å²) in [6.45, 7) is -0.322. The van der Waals surface area contributed by atoms with E-state index in [1.54, 1.807) is 0 Å². The molecule has 2 amide bonds. The fraction of sp³-hybridized carbons (Fsp3) is 0.514.